The van der Waals surface area contributed by atoms with E-state index < -0.39 is 6.09 Å². The second-order valence-corrected chi connectivity index (χ2v) is 7.47. The number of alkyl carbamates (subject to hydrolysis) is 1. The van der Waals surface area contributed by atoms with E-state index in [0.717, 1.165) is 17.7 Å². The second-order valence-electron chi connectivity index (χ2n) is 7.47. The minimum absolute atomic E-state index is 0.233. The Morgan fingerprint density at radius 2 is 1.71 bits per heavy atom. The van der Waals surface area contributed by atoms with Crippen molar-refractivity contribution < 1.29 is 14.4 Å². The third-order valence-corrected chi connectivity index (χ3v) is 4.47. The molecule has 28 heavy (non-hydrogen) atoms. The van der Waals surface area contributed by atoms with Gasteiger partial charge in [0, 0.05) is 12.1 Å². The van der Waals surface area contributed by atoms with Gasteiger partial charge >= 0.3 is 6.09 Å². The first-order valence-corrected chi connectivity index (χ1v) is 9.73. The van der Waals surface area contributed by atoms with E-state index in [4.69, 9.17) is 9.57 Å². The van der Waals surface area contributed by atoms with Gasteiger partial charge in [-0.2, -0.15) is 0 Å². The van der Waals surface area contributed by atoms with Gasteiger partial charge in [0.2, 0.25) is 0 Å². The van der Waals surface area contributed by atoms with E-state index in [2.05, 4.69) is 22.9 Å². The van der Waals surface area contributed by atoms with Crippen molar-refractivity contribution in [2.45, 2.75) is 38.8 Å². The number of hydrogen-bond donors (Lipinski definition) is 2. The van der Waals surface area contributed by atoms with Gasteiger partial charge < -0.3 is 10.1 Å². The van der Waals surface area contributed by atoms with Crippen LogP contribution in [0.1, 0.15) is 25.0 Å². The summed E-state index contributed by atoms with van der Waals surface area (Å²) in [5.74, 6) is 0.292. The lowest BCUT2D eigenvalue weighted by molar-refractivity contribution is 0.0190. The summed E-state index contributed by atoms with van der Waals surface area (Å²) in [5.41, 5.74) is 6.34. The van der Waals surface area contributed by atoms with E-state index in [-0.39, 0.29) is 12.1 Å². The van der Waals surface area contributed by atoms with Crippen molar-refractivity contribution in [1.29, 1.82) is 0 Å². The van der Waals surface area contributed by atoms with Crippen LogP contribution in [0.3, 0.4) is 0 Å². The van der Waals surface area contributed by atoms with Gasteiger partial charge in [0.1, 0.15) is 6.10 Å². The largest absolute Gasteiger partial charge is 0.449 e. The van der Waals surface area contributed by atoms with E-state index >= 15 is 0 Å². The van der Waals surface area contributed by atoms with Crippen LogP contribution in [0.15, 0.2) is 72.4 Å². The lowest BCUT2D eigenvalue weighted by atomic mass is 10.00. The Labute approximate surface area is 166 Å². The zero-order chi connectivity index (χ0) is 19.8. The summed E-state index contributed by atoms with van der Waals surface area (Å²) in [7, 11) is 0. The summed E-state index contributed by atoms with van der Waals surface area (Å²) in [4.78, 5) is 18.0. The minimum atomic E-state index is -0.414. The highest BCUT2D eigenvalue weighted by atomic mass is 16.7. The van der Waals surface area contributed by atoms with Crippen LogP contribution in [0.2, 0.25) is 0 Å². The van der Waals surface area contributed by atoms with Gasteiger partial charge in [0.25, 0.3) is 0 Å². The number of rotatable bonds is 8. The van der Waals surface area contributed by atoms with E-state index in [9.17, 15) is 4.79 Å². The molecule has 5 nitrogen and oxygen atoms in total. The summed E-state index contributed by atoms with van der Waals surface area (Å²) in [6.07, 6.45) is 2.77. The van der Waals surface area contributed by atoms with Gasteiger partial charge in [-0.3, -0.25) is 10.3 Å². The molecule has 0 aliphatic carbocycles. The van der Waals surface area contributed by atoms with Crippen LogP contribution in [0.4, 0.5) is 4.79 Å². The monoisotopic (exact) mass is 380 g/mol. The quantitative estimate of drug-likeness (QED) is 0.726. The van der Waals surface area contributed by atoms with Gasteiger partial charge in [0.05, 0.1) is 12.6 Å². The van der Waals surface area contributed by atoms with Crippen molar-refractivity contribution in [2.24, 2.45) is 5.92 Å². The Bertz CT molecular complexity index is 775. The fraction of sp³-hybridized carbons (Fsp3) is 0.348. The fourth-order valence-electron chi connectivity index (χ4n) is 3.07. The van der Waals surface area contributed by atoms with Crippen molar-refractivity contribution in [3.8, 4) is 0 Å². The predicted molar refractivity (Wildman–Crippen MR) is 109 cm³/mol. The average molecular weight is 380 g/mol. The van der Waals surface area contributed by atoms with E-state index in [1.54, 1.807) is 0 Å². The Hall–Kier alpha value is -2.79. The molecule has 2 unspecified atom stereocenters. The van der Waals surface area contributed by atoms with Crippen LogP contribution in [0.25, 0.3) is 0 Å². The second kappa shape index (κ2) is 9.95. The van der Waals surface area contributed by atoms with Crippen molar-refractivity contribution in [3.05, 3.63) is 83.6 Å². The summed E-state index contributed by atoms with van der Waals surface area (Å²) in [5, 5.41) is 2.98. The predicted octanol–water partition coefficient (Wildman–Crippen LogP) is 4.01. The first kappa shape index (κ1) is 20.0. The van der Waals surface area contributed by atoms with Crippen LogP contribution in [-0.4, -0.2) is 24.8 Å². The number of hydrogen-bond acceptors (Lipinski definition) is 4. The van der Waals surface area contributed by atoms with Crippen molar-refractivity contribution >= 4 is 6.09 Å². The normalized spacial score (nSPS) is 17.0. The number of amides is 1. The molecule has 0 spiro atoms. The first-order valence-electron chi connectivity index (χ1n) is 9.73. The molecule has 2 aromatic rings. The maximum absolute atomic E-state index is 12.2. The molecule has 0 aromatic heterocycles. The summed E-state index contributed by atoms with van der Waals surface area (Å²) in [6, 6.07) is 20.0. The number of nitrogens with one attached hydrogen (secondary N) is 2. The van der Waals surface area contributed by atoms with Crippen LogP contribution in [-0.2, 0) is 22.4 Å². The molecule has 2 atom stereocenters. The lowest BCUT2D eigenvalue weighted by Crippen LogP contribution is -2.45. The maximum Gasteiger partial charge on any atom is 0.407 e. The first-order chi connectivity index (χ1) is 13.6. The highest BCUT2D eigenvalue weighted by molar-refractivity contribution is 5.67. The topological polar surface area (TPSA) is 59.6 Å². The number of benzene rings is 2. The molecule has 1 amide bonds. The molecule has 1 aliphatic rings. The average Bonchev–Trinajstić information content (AvgIpc) is 3.16. The molecular weight excluding hydrogens is 352 g/mol. The number of ether oxygens (including phenoxy) is 1. The summed E-state index contributed by atoms with van der Waals surface area (Å²) >= 11 is 0. The van der Waals surface area contributed by atoms with Crippen LogP contribution in [0, 0.1) is 5.92 Å². The standard InChI is InChI=1S/C23H28N2O3/c1-17(2)16-27-23(26)24-21(14-19-11-7-4-8-12-19)22-15-20(25-28-22)13-18-9-5-3-6-10-18/h3-12,15,17,21-22,25H,13-14,16H2,1-2H3,(H,24,26). The molecule has 3 rings (SSSR count). The van der Waals surface area contributed by atoms with Gasteiger partial charge in [-0.15, -0.1) is 0 Å². The minimum Gasteiger partial charge on any atom is -0.449 e. The molecule has 148 valence electrons. The Morgan fingerprint density at radius 3 is 2.36 bits per heavy atom. The van der Waals surface area contributed by atoms with Crippen LogP contribution < -0.4 is 10.8 Å². The highest BCUT2D eigenvalue weighted by Gasteiger charge is 2.28. The number of hydroxylamine groups is 1. The smallest absolute Gasteiger partial charge is 0.407 e. The van der Waals surface area contributed by atoms with Crippen molar-refractivity contribution in [3.63, 3.8) is 0 Å². The third-order valence-electron chi connectivity index (χ3n) is 4.47. The number of allylic oxidation sites excluding steroid dienone is 1. The van der Waals surface area contributed by atoms with Crippen molar-refractivity contribution in [2.75, 3.05) is 6.61 Å². The molecular formula is C23H28N2O3. The maximum atomic E-state index is 12.2. The molecule has 1 heterocycles. The SMILES string of the molecule is CC(C)COC(=O)NC(Cc1ccccc1)C1C=C(Cc2ccccc2)NO1. The lowest BCUT2D eigenvalue weighted by Gasteiger charge is -2.22. The van der Waals surface area contributed by atoms with Crippen molar-refractivity contribution in [1.82, 2.24) is 10.8 Å². The highest BCUT2D eigenvalue weighted by Crippen LogP contribution is 2.18. The third kappa shape index (κ3) is 6.13. The Kier molecular flexibility index (Phi) is 7.09. The number of carbonyl (C=O) groups excluding carboxylic acids is 1. The molecule has 2 N–H and O–H groups in total. The molecule has 2 aromatic carbocycles. The molecule has 0 bridgehead atoms. The zero-order valence-corrected chi connectivity index (χ0v) is 16.4. The van der Waals surface area contributed by atoms with Crippen LogP contribution in [0.5, 0.6) is 0 Å². The van der Waals surface area contributed by atoms with E-state index in [0.29, 0.717) is 18.9 Å². The summed E-state index contributed by atoms with van der Waals surface area (Å²) < 4.78 is 5.31. The molecule has 0 fully saturated rings. The van der Waals surface area contributed by atoms with Gasteiger partial charge in [-0.25, -0.2) is 4.79 Å². The molecule has 1 aliphatic heterocycles. The van der Waals surface area contributed by atoms with Gasteiger partial charge in [-0.1, -0.05) is 74.5 Å². The number of carbonyl (C=O) groups is 1. The Morgan fingerprint density at radius 1 is 1.07 bits per heavy atom. The van der Waals surface area contributed by atoms with Crippen LogP contribution >= 0.6 is 0 Å². The fourth-order valence-corrected chi connectivity index (χ4v) is 3.07. The zero-order valence-electron chi connectivity index (χ0n) is 16.4. The Balaban J connectivity index is 1.68. The van der Waals surface area contributed by atoms with E-state index in [1.165, 1.54) is 5.56 Å². The molecule has 0 radical (unpaired) electrons. The molecule has 5 heteroatoms. The van der Waals surface area contributed by atoms with Gasteiger partial charge in [-0.05, 0) is 29.5 Å². The molecule has 0 saturated heterocycles. The van der Waals surface area contributed by atoms with E-state index in [1.807, 2.05) is 68.5 Å². The summed E-state index contributed by atoms with van der Waals surface area (Å²) in [6.45, 7) is 4.41. The van der Waals surface area contributed by atoms with Gasteiger partial charge in [0.15, 0.2) is 0 Å². The molecule has 0 saturated carbocycles.